The van der Waals surface area contributed by atoms with E-state index in [2.05, 4.69) is 10.3 Å². The molecule has 0 unspecified atom stereocenters. The summed E-state index contributed by atoms with van der Waals surface area (Å²) >= 11 is 0. The monoisotopic (exact) mass is 313 g/mol. The van der Waals surface area contributed by atoms with Gasteiger partial charge in [0, 0.05) is 19.9 Å². The molecule has 1 N–H and O–H groups in total. The number of likely N-dealkylation sites (N-methyl/N-ethyl adjacent to an activating group) is 1. The Morgan fingerprint density at radius 2 is 1.96 bits per heavy atom. The fourth-order valence-corrected chi connectivity index (χ4v) is 2.36. The Balaban J connectivity index is 1.90. The molecule has 2 rings (SSSR count). The van der Waals surface area contributed by atoms with E-state index in [1.54, 1.807) is 13.3 Å². The van der Waals surface area contributed by atoms with Gasteiger partial charge >= 0.3 is 0 Å². The van der Waals surface area contributed by atoms with Crippen LogP contribution in [0.25, 0.3) is 0 Å². The van der Waals surface area contributed by atoms with Gasteiger partial charge in [0.05, 0.1) is 24.9 Å². The van der Waals surface area contributed by atoms with Gasteiger partial charge < -0.3 is 10.1 Å². The van der Waals surface area contributed by atoms with Crippen LogP contribution in [0.4, 0.5) is 0 Å². The molecule has 1 aromatic heterocycles. The average molecular weight is 313 g/mol. The van der Waals surface area contributed by atoms with Crippen molar-refractivity contribution in [2.75, 3.05) is 27.3 Å². The average Bonchev–Trinajstić information content (AvgIpc) is 2.59. The van der Waals surface area contributed by atoms with Crippen LogP contribution in [0.5, 0.6) is 0 Å². The maximum absolute atomic E-state index is 12.2. The smallest absolute Gasteiger partial charge is 0.234 e. The van der Waals surface area contributed by atoms with Crippen molar-refractivity contribution in [1.82, 2.24) is 15.2 Å². The maximum atomic E-state index is 12.2. The molecule has 0 aliphatic rings. The Kier molecular flexibility index (Phi) is 6.72. The normalized spacial score (nSPS) is 12.1. The fourth-order valence-electron chi connectivity index (χ4n) is 2.36. The minimum atomic E-state index is -0.0522. The highest BCUT2D eigenvalue weighted by Gasteiger charge is 2.20. The number of benzene rings is 1. The molecule has 0 spiro atoms. The lowest BCUT2D eigenvalue weighted by molar-refractivity contribution is -0.122. The first-order valence-electron chi connectivity index (χ1n) is 7.61. The molecule has 1 atom stereocenters. The lowest BCUT2D eigenvalue weighted by Crippen LogP contribution is -2.38. The second-order valence-electron chi connectivity index (χ2n) is 5.40. The molecule has 2 aromatic rings. The predicted molar refractivity (Wildman–Crippen MR) is 89.8 cm³/mol. The van der Waals surface area contributed by atoms with Crippen molar-refractivity contribution in [3.63, 3.8) is 0 Å². The molecule has 0 radical (unpaired) electrons. The SMILES string of the molecule is COC[C@@H](c1ccccn1)N(C)CC(=O)NCc1ccccc1. The van der Waals surface area contributed by atoms with Crippen LogP contribution in [0, 0.1) is 0 Å². The molecule has 5 nitrogen and oxygen atoms in total. The van der Waals surface area contributed by atoms with Gasteiger partial charge in [0.25, 0.3) is 0 Å². The number of carbonyl (C=O) groups is 1. The second kappa shape index (κ2) is 9.02. The van der Waals surface area contributed by atoms with Crippen LogP contribution < -0.4 is 5.32 Å². The summed E-state index contributed by atoms with van der Waals surface area (Å²) in [6.07, 6.45) is 1.75. The topological polar surface area (TPSA) is 54.5 Å². The Labute approximate surface area is 137 Å². The van der Waals surface area contributed by atoms with Gasteiger partial charge in [-0.2, -0.15) is 0 Å². The van der Waals surface area contributed by atoms with Crippen LogP contribution >= 0.6 is 0 Å². The molecule has 122 valence electrons. The summed E-state index contributed by atoms with van der Waals surface area (Å²) in [4.78, 5) is 18.5. The first-order valence-corrected chi connectivity index (χ1v) is 7.61. The van der Waals surface area contributed by atoms with Crippen LogP contribution in [-0.2, 0) is 16.1 Å². The zero-order valence-corrected chi connectivity index (χ0v) is 13.6. The number of aromatic nitrogens is 1. The molecular weight excluding hydrogens is 290 g/mol. The quantitative estimate of drug-likeness (QED) is 0.810. The van der Waals surface area contributed by atoms with Gasteiger partial charge in [0.2, 0.25) is 5.91 Å². The van der Waals surface area contributed by atoms with Gasteiger partial charge in [-0.1, -0.05) is 36.4 Å². The van der Waals surface area contributed by atoms with E-state index in [1.807, 2.05) is 60.5 Å². The highest BCUT2D eigenvalue weighted by Crippen LogP contribution is 2.16. The zero-order chi connectivity index (χ0) is 16.5. The molecule has 0 fully saturated rings. The largest absolute Gasteiger partial charge is 0.383 e. The first kappa shape index (κ1) is 17.1. The number of ether oxygens (including phenoxy) is 1. The van der Waals surface area contributed by atoms with E-state index in [0.717, 1.165) is 11.3 Å². The number of nitrogens with one attached hydrogen (secondary N) is 1. The summed E-state index contributed by atoms with van der Waals surface area (Å²) in [7, 11) is 3.56. The summed E-state index contributed by atoms with van der Waals surface area (Å²) in [5.74, 6) is -0.0200. The van der Waals surface area contributed by atoms with Crippen molar-refractivity contribution in [2.24, 2.45) is 0 Å². The third-order valence-electron chi connectivity index (χ3n) is 3.61. The van der Waals surface area contributed by atoms with Crippen molar-refractivity contribution in [1.29, 1.82) is 0 Å². The van der Waals surface area contributed by atoms with Gasteiger partial charge in [-0.25, -0.2) is 0 Å². The number of methoxy groups -OCH3 is 1. The Morgan fingerprint density at radius 3 is 2.61 bits per heavy atom. The van der Waals surface area contributed by atoms with Crippen LogP contribution in [0.15, 0.2) is 54.7 Å². The molecule has 0 saturated carbocycles. The summed E-state index contributed by atoms with van der Waals surface area (Å²) in [5.41, 5.74) is 1.98. The number of rotatable bonds is 8. The lowest BCUT2D eigenvalue weighted by atomic mass is 10.1. The molecule has 0 aliphatic heterocycles. The van der Waals surface area contributed by atoms with Gasteiger partial charge in [-0.15, -0.1) is 0 Å². The second-order valence-corrected chi connectivity index (χ2v) is 5.40. The van der Waals surface area contributed by atoms with Gasteiger partial charge in [0.1, 0.15) is 0 Å². The Bertz CT molecular complexity index is 590. The molecule has 0 bridgehead atoms. The van der Waals surface area contributed by atoms with E-state index in [9.17, 15) is 4.79 Å². The fraction of sp³-hybridized carbons (Fsp3) is 0.333. The van der Waals surface area contributed by atoms with E-state index < -0.39 is 0 Å². The number of hydrogen-bond acceptors (Lipinski definition) is 4. The van der Waals surface area contributed by atoms with E-state index >= 15 is 0 Å². The highest BCUT2D eigenvalue weighted by molar-refractivity contribution is 5.78. The van der Waals surface area contributed by atoms with E-state index in [1.165, 1.54) is 0 Å². The molecular formula is C18H23N3O2. The maximum Gasteiger partial charge on any atom is 0.234 e. The minimum absolute atomic E-state index is 0.0200. The van der Waals surface area contributed by atoms with Crippen molar-refractivity contribution >= 4 is 5.91 Å². The summed E-state index contributed by atoms with van der Waals surface area (Å²) in [6.45, 7) is 1.31. The Hall–Kier alpha value is -2.24. The first-order chi connectivity index (χ1) is 11.2. The number of nitrogens with zero attached hydrogens (tertiary/aromatic N) is 2. The van der Waals surface area contributed by atoms with Crippen LogP contribution in [0.3, 0.4) is 0 Å². The molecule has 1 heterocycles. The highest BCUT2D eigenvalue weighted by atomic mass is 16.5. The molecule has 1 amide bonds. The van der Waals surface area contributed by atoms with Crippen LogP contribution in [0.1, 0.15) is 17.3 Å². The van der Waals surface area contributed by atoms with Gasteiger partial charge in [0.15, 0.2) is 0 Å². The van der Waals surface area contributed by atoms with E-state index in [-0.39, 0.29) is 18.5 Å². The standard InChI is InChI=1S/C18H23N3O2/c1-21(17(14-23-2)16-10-6-7-11-19-16)13-18(22)20-12-15-8-4-3-5-9-15/h3-11,17H,12-14H2,1-2H3,(H,20,22)/t17-/m0/s1. The van der Waals surface area contributed by atoms with E-state index in [4.69, 9.17) is 4.74 Å². The molecule has 1 aromatic carbocycles. The van der Waals surface area contributed by atoms with Crippen molar-refractivity contribution < 1.29 is 9.53 Å². The predicted octanol–water partition coefficient (Wildman–Crippen LogP) is 2.02. The number of hydrogen-bond donors (Lipinski definition) is 1. The third kappa shape index (κ3) is 5.47. The van der Waals surface area contributed by atoms with Crippen LogP contribution in [-0.4, -0.2) is 43.1 Å². The summed E-state index contributed by atoms with van der Waals surface area (Å²) < 4.78 is 5.28. The lowest BCUT2D eigenvalue weighted by Gasteiger charge is -2.26. The molecule has 23 heavy (non-hydrogen) atoms. The summed E-state index contributed by atoms with van der Waals surface area (Å²) in [5, 5.41) is 2.94. The van der Waals surface area contributed by atoms with Gasteiger partial charge in [-0.3, -0.25) is 14.7 Å². The molecule has 5 heteroatoms. The van der Waals surface area contributed by atoms with Crippen molar-refractivity contribution in [2.45, 2.75) is 12.6 Å². The van der Waals surface area contributed by atoms with E-state index in [0.29, 0.717) is 13.2 Å². The Morgan fingerprint density at radius 1 is 1.22 bits per heavy atom. The third-order valence-corrected chi connectivity index (χ3v) is 3.61. The summed E-state index contributed by atoms with van der Waals surface area (Å²) in [6, 6.07) is 15.6. The van der Waals surface area contributed by atoms with Crippen molar-refractivity contribution in [3.05, 3.63) is 66.0 Å². The number of carbonyl (C=O) groups excluding carboxylic acids is 1. The zero-order valence-electron chi connectivity index (χ0n) is 13.6. The van der Waals surface area contributed by atoms with Crippen molar-refractivity contribution in [3.8, 4) is 0 Å². The molecule has 0 saturated heterocycles. The number of amides is 1. The minimum Gasteiger partial charge on any atom is -0.383 e. The van der Waals surface area contributed by atoms with Crippen LogP contribution in [0.2, 0.25) is 0 Å². The molecule has 0 aliphatic carbocycles. The number of pyridine rings is 1. The van der Waals surface area contributed by atoms with Gasteiger partial charge in [-0.05, 0) is 24.7 Å².